The van der Waals surface area contributed by atoms with Crippen LogP contribution in [0.3, 0.4) is 0 Å². The second-order valence-corrected chi connectivity index (χ2v) is 4.39. The van der Waals surface area contributed by atoms with Gasteiger partial charge in [-0.05, 0) is 37.0 Å². The van der Waals surface area contributed by atoms with Gasteiger partial charge in [-0.25, -0.2) is 0 Å². The van der Waals surface area contributed by atoms with E-state index in [0.717, 1.165) is 17.1 Å². The first-order chi connectivity index (χ1) is 7.17. The molecule has 0 aliphatic carbocycles. The minimum atomic E-state index is 0.626. The zero-order valence-electron chi connectivity index (χ0n) is 9.81. The normalized spacial score (nSPS) is 11.0. The topological polar surface area (TPSA) is 12.0 Å². The predicted molar refractivity (Wildman–Crippen MR) is 67.4 cm³/mol. The molecule has 0 bridgehead atoms. The first-order valence-corrected chi connectivity index (χ1v) is 6.03. The van der Waals surface area contributed by atoms with E-state index in [1.54, 1.807) is 0 Å². The van der Waals surface area contributed by atoms with Crippen molar-refractivity contribution < 1.29 is 0 Å². The standard InChI is InChI=1S/C13H20ClN/c1-4-12(5-2)15-9-11-6-7-13(14)10(3)8-11/h6-8,12,15H,4-5,9H2,1-3H3. The van der Waals surface area contributed by atoms with Crippen LogP contribution >= 0.6 is 11.6 Å². The number of benzene rings is 1. The highest BCUT2D eigenvalue weighted by Crippen LogP contribution is 2.16. The summed E-state index contributed by atoms with van der Waals surface area (Å²) < 4.78 is 0. The molecule has 1 rings (SSSR count). The Morgan fingerprint density at radius 3 is 2.47 bits per heavy atom. The lowest BCUT2D eigenvalue weighted by Crippen LogP contribution is -2.26. The van der Waals surface area contributed by atoms with Crippen molar-refractivity contribution in [2.75, 3.05) is 0 Å². The summed E-state index contributed by atoms with van der Waals surface area (Å²) in [5.74, 6) is 0. The van der Waals surface area contributed by atoms with Gasteiger partial charge in [0.25, 0.3) is 0 Å². The minimum absolute atomic E-state index is 0.626. The number of aryl methyl sites for hydroxylation is 1. The molecule has 15 heavy (non-hydrogen) atoms. The minimum Gasteiger partial charge on any atom is -0.310 e. The van der Waals surface area contributed by atoms with Crippen molar-refractivity contribution in [3.05, 3.63) is 34.3 Å². The van der Waals surface area contributed by atoms with Crippen LogP contribution in [0.1, 0.15) is 37.8 Å². The summed E-state index contributed by atoms with van der Waals surface area (Å²) in [6.45, 7) is 7.41. The highest BCUT2D eigenvalue weighted by molar-refractivity contribution is 6.31. The van der Waals surface area contributed by atoms with E-state index in [1.165, 1.54) is 18.4 Å². The third-order valence-electron chi connectivity index (χ3n) is 2.80. The Labute approximate surface area is 97.8 Å². The van der Waals surface area contributed by atoms with E-state index >= 15 is 0 Å². The van der Waals surface area contributed by atoms with E-state index in [4.69, 9.17) is 11.6 Å². The lowest BCUT2D eigenvalue weighted by atomic mass is 10.1. The molecule has 0 radical (unpaired) electrons. The summed E-state index contributed by atoms with van der Waals surface area (Å²) in [7, 11) is 0. The van der Waals surface area contributed by atoms with Crippen molar-refractivity contribution in [1.29, 1.82) is 0 Å². The lowest BCUT2D eigenvalue weighted by molar-refractivity contribution is 0.484. The van der Waals surface area contributed by atoms with E-state index in [1.807, 2.05) is 13.0 Å². The fourth-order valence-electron chi connectivity index (χ4n) is 1.66. The van der Waals surface area contributed by atoms with E-state index in [2.05, 4.69) is 31.3 Å². The molecule has 0 amide bonds. The van der Waals surface area contributed by atoms with Crippen molar-refractivity contribution in [2.24, 2.45) is 0 Å². The summed E-state index contributed by atoms with van der Waals surface area (Å²) in [5, 5.41) is 4.39. The highest BCUT2D eigenvalue weighted by Gasteiger charge is 2.03. The van der Waals surface area contributed by atoms with Gasteiger partial charge in [0, 0.05) is 17.6 Å². The zero-order chi connectivity index (χ0) is 11.3. The van der Waals surface area contributed by atoms with Gasteiger partial charge < -0.3 is 5.32 Å². The number of nitrogens with one attached hydrogen (secondary N) is 1. The van der Waals surface area contributed by atoms with E-state index < -0.39 is 0 Å². The molecule has 0 aliphatic rings. The van der Waals surface area contributed by atoms with Crippen molar-refractivity contribution in [1.82, 2.24) is 5.32 Å². The maximum absolute atomic E-state index is 5.98. The zero-order valence-corrected chi connectivity index (χ0v) is 10.6. The second kappa shape index (κ2) is 6.14. The van der Waals surface area contributed by atoms with Crippen LogP contribution in [0, 0.1) is 6.92 Å². The Morgan fingerprint density at radius 1 is 1.27 bits per heavy atom. The molecule has 1 aromatic carbocycles. The van der Waals surface area contributed by atoms with Crippen LogP contribution in [0.15, 0.2) is 18.2 Å². The predicted octanol–water partition coefficient (Wildman–Crippen LogP) is 3.93. The van der Waals surface area contributed by atoms with Crippen molar-refractivity contribution in [2.45, 2.75) is 46.2 Å². The smallest absolute Gasteiger partial charge is 0.0435 e. The van der Waals surface area contributed by atoms with Crippen LogP contribution in [0.5, 0.6) is 0 Å². The summed E-state index contributed by atoms with van der Waals surface area (Å²) in [6.07, 6.45) is 2.37. The molecule has 0 aliphatic heterocycles. The molecule has 1 nitrogen and oxygen atoms in total. The van der Waals surface area contributed by atoms with Crippen LogP contribution in [0.25, 0.3) is 0 Å². The molecule has 0 unspecified atom stereocenters. The van der Waals surface area contributed by atoms with E-state index in [0.29, 0.717) is 6.04 Å². The summed E-state index contributed by atoms with van der Waals surface area (Å²) in [6, 6.07) is 6.84. The molecule has 2 heteroatoms. The molecule has 0 saturated carbocycles. The Bertz CT molecular complexity index is 305. The average molecular weight is 226 g/mol. The molecule has 0 atom stereocenters. The molecular weight excluding hydrogens is 206 g/mol. The lowest BCUT2D eigenvalue weighted by Gasteiger charge is -2.14. The fraction of sp³-hybridized carbons (Fsp3) is 0.538. The molecule has 0 aromatic heterocycles. The van der Waals surface area contributed by atoms with Gasteiger partial charge in [0.05, 0.1) is 0 Å². The van der Waals surface area contributed by atoms with E-state index in [-0.39, 0.29) is 0 Å². The molecule has 0 fully saturated rings. The second-order valence-electron chi connectivity index (χ2n) is 3.98. The largest absolute Gasteiger partial charge is 0.310 e. The molecule has 1 N–H and O–H groups in total. The summed E-state index contributed by atoms with van der Waals surface area (Å²) in [4.78, 5) is 0. The monoisotopic (exact) mass is 225 g/mol. The first-order valence-electron chi connectivity index (χ1n) is 5.65. The third-order valence-corrected chi connectivity index (χ3v) is 3.23. The van der Waals surface area contributed by atoms with Gasteiger partial charge in [-0.15, -0.1) is 0 Å². The molecule has 1 aromatic rings. The third kappa shape index (κ3) is 3.84. The van der Waals surface area contributed by atoms with Crippen LogP contribution in [-0.2, 0) is 6.54 Å². The molecular formula is C13H20ClN. The summed E-state index contributed by atoms with van der Waals surface area (Å²) >= 11 is 5.98. The van der Waals surface area contributed by atoms with Gasteiger partial charge in [0.1, 0.15) is 0 Å². The first kappa shape index (κ1) is 12.5. The quantitative estimate of drug-likeness (QED) is 0.801. The van der Waals surface area contributed by atoms with Gasteiger partial charge in [-0.1, -0.05) is 37.6 Å². The van der Waals surface area contributed by atoms with Gasteiger partial charge in [-0.2, -0.15) is 0 Å². The van der Waals surface area contributed by atoms with Crippen molar-refractivity contribution >= 4 is 11.6 Å². The highest BCUT2D eigenvalue weighted by atomic mass is 35.5. The number of hydrogen-bond acceptors (Lipinski definition) is 1. The van der Waals surface area contributed by atoms with Crippen LogP contribution in [0.2, 0.25) is 5.02 Å². The molecule has 0 spiro atoms. The Hall–Kier alpha value is -0.530. The maximum atomic E-state index is 5.98. The molecule has 0 saturated heterocycles. The van der Waals surface area contributed by atoms with Crippen LogP contribution in [-0.4, -0.2) is 6.04 Å². The SMILES string of the molecule is CCC(CC)NCc1ccc(Cl)c(C)c1. The number of rotatable bonds is 5. The van der Waals surface area contributed by atoms with Crippen LogP contribution in [0.4, 0.5) is 0 Å². The van der Waals surface area contributed by atoms with Crippen LogP contribution < -0.4 is 5.32 Å². The fourth-order valence-corrected chi connectivity index (χ4v) is 1.77. The van der Waals surface area contributed by atoms with Crippen molar-refractivity contribution in [3.8, 4) is 0 Å². The Balaban J connectivity index is 2.54. The summed E-state index contributed by atoms with van der Waals surface area (Å²) in [5.41, 5.74) is 2.46. The molecule has 0 heterocycles. The Kier molecular flexibility index (Phi) is 5.13. The van der Waals surface area contributed by atoms with Gasteiger partial charge in [-0.3, -0.25) is 0 Å². The van der Waals surface area contributed by atoms with Crippen molar-refractivity contribution in [3.63, 3.8) is 0 Å². The molecule has 84 valence electrons. The Morgan fingerprint density at radius 2 is 1.93 bits per heavy atom. The van der Waals surface area contributed by atoms with Gasteiger partial charge in [0.2, 0.25) is 0 Å². The van der Waals surface area contributed by atoms with E-state index in [9.17, 15) is 0 Å². The van der Waals surface area contributed by atoms with Gasteiger partial charge in [0.15, 0.2) is 0 Å². The average Bonchev–Trinajstić information content (AvgIpc) is 2.24. The maximum Gasteiger partial charge on any atom is 0.0435 e. The number of halogens is 1. The van der Waals surface area contributed by atoms with Gasteiger partial charge >= 0.3 is 0 Å². The number of hydrogen-bond donors (Lipinski definition) is 1.